The number of hydrogen-bond donors (Lipinski definition) is 1. The lowest BCUT2D eigenvalue weighted by molar-refractivity contribution is 0.0858. The summed E-state index contributed by atoms with van der Waals surface area (Å²) in [5.74, 6) is -0.573. The minimum atomic E-state index is -3.48. The van der Waals surface area contributed by atoms with Crippen molar-refractivity contribution in [2.24, 2.45) is 0 Å². The predicted molar refractivity (Wildman–Crippen MR) is 50.9 cm³/mol. The standard InChI is InChI=1S/C8H4Cl2F2N2/c9-4-1-2-5-6(3-4)14-7(13-5)8(10,11)12/h1-3H,(H,13,14). The van der Waals surface area contributed by atoms with Crippen LogP contribution in [-0.4, -0.2) is 9.97 Å². The molecule has 1 N–H and O–H groups in total. The number of aromatic amines is 1. The Balaban J connectivity index is 2.63. The Kier molecular flexibility index (Phi) is 2.12. The molecule has 0 atom stereocenters. The van der Waals surface area contributed by atoms with Gasteiger partial charge in [0.25, 0.3) is 0 Å². The van der Waals surface area contributed by atoms with Gasteiger partial charge in [0.1, 0.15) is 0 Å². The molecule has 0 fully saturated rings. The van der Waals surface area contributed by atoms with Gasteiger partial charge in [-0.2, -0.15) is 8.78 Å². The molecule has 2 rings (SSSR count). The monoisotopic (exact) mass is 236 g/mol. The second-order valence-corrected chi connectivity index (χ2v) is 3.66. The summed E-state index contributed by atoms with van der Waals surface area (Å²) in [5, 5.41) is -3.03. The molecule has 0 unspecified atom stereocenters. The molecule has 0 saturated heterocycles. The molecule has 0 bridgehead atoms. The summed E-state index contributed by atoms with van der Waals surface area (Å²) in [4.78, 5) is 6.03. The Morgan fingerprint density at radius 3 is 2.71 bits per heavy atom. The van der Waals surface area contributed by atoms with Crippen molar-refractivity contribution in [2.45, 2.75) is 5.38 Å². The van der Waals surface area contributed by atoms with Gasteiger partial charge in [0.15, 0.2) is 5.82 Å². The average molecular weight is 237 g/mol. The summed E-state index contributed by atoms with van der Waals surface area (Å²) < 4.78 is 25.3. The molecule has 0 aliphatic carbocycles. The number of halogens is 4. The Bertz CT molecular complexity index is 476. The van der Waals surface area contributed by atoms with Crippen molar-refractivity contribution in [3.05, 3.63) is 29.0 Å². The highest BCUT2D eigenvalue weighted by Gasteiger charge is 2.31. The topological polar surface area (TPSA) is 28.7 Å². The van der Waals surface area contributed by atoms with Crippen LogP contribution in [0.2, 0.25) is 5.02 Å². The number of fused-ring (bicyclic) bond motifs is 1. The van der Waals surface area contributed by atoms with Gasteiger partial charge in [0, 0.05) is 5.02 Å². The molecular formula is C8H4Cl2F2N2. The van der Waals surface area contributed by atoms with Crippen molar-refractivity contribution in [3.63, 3.8) is 0 Å². The Morgan fingerprint density at radius 2 is 2.07 bits per heavy atom. The number of rotatable bonds is 1. The predicted octanol–water partition coefficient (Wildman–Crippen LogP) is 3.50. The SMILES string of the molecule is FC(F)(Cl)c1nc2ccc(Cl)cc2[nH]1. The van der Waals surface area contributed by atoms with Crippen LogP contribution in [0, 0.1) is 0 Å². The first-order chi connectivity index (χ1) is 6.47. The van der Waals surface area contributed by atoms with E-state index < -0.39 is 11.2 Å². The summed E-state index contributed by atoms with van der Waals surface area (Å²) >= 11 is 10.5. The fourth-order valence-electron chi connectivity index (χ4n) is 1.12. The van der Waals surface area contributed by atoms with Crippen LogP contribution in [0.4, 0.5) is 8.78 Å². The zero-order valence-corrected chi connectivity index (χ0v) is 8.20. The van der Waals surface area contributed by atoms with E-state index in [0.717, 1.165) is 0 Å². The van der Waals surface area contributed by atoms with Crippen LogP contribution >= 0.6 is 23.2 Å². The average Bonchev–Trinajstić information content (AvgIpc) is 2.45. The van der Waals surface area contributed by atoms with Crippen LogP contribution in [0.15, 0.2) is 18.2 Å². The van der Waals surface area contributed by atoms with Crippen LogP contribution in [-0.2, 0) is 5.38 Å². The zero-order valence-electron chi connectivity index (χ0n) is 6.69. The summed E-state index contributed by atoms with van der Waals surface area (Å²) in [5.41, 5.74) is 0.845. The molecule has 1 aromatic heterocycles. The third kappa shape index (κ3) is 1.67. The van der Waals surface area contributed by atoms with Gasteiger partial charge in [0.05, 0.1) is 11.0 Å². The van der Waals surface area contributed by atoms with Crippen molar-refractivity contribution >= 4 is 34.2 Å². The van der Waals surface area contributed by atoms with Gasteiger partial charge < -0.3 is 4.98 Å². The number of H-pyrrole nitrogens is 1. The quantitative estimate of drug-likeness (QED) is 0.755. The van der Waals surface area contributed by atoms with Crippen molar-refractivity contribution in [3.8, 4) is 0 Å². The highest BCUT2D eigenvalue weighted by molar-refractivity contribution is 6.31. The fourth-order valence-corrected chi connectivity index (χ4v) is 1.38. The van der Waals surface area contributed by atoms with Gasteiger partial charge in [0.2, 0.25) is 0 Å². The Morgan fingerprint density at radius 1 is 1.36 bits per heavy atom. The Labute approximate surface area is 87.8 Å². The maximum Gasteiger partial charge on any atom is 0.379 e. The van der Waals surface area contributed by atoms with Gasteiger partial charge in [-0.05, 0) is 29.8 Å². The zero-order chi connectivity index (χ0) is 10.3. The molecule has 0 aliphatic heterocycles. The molecule has 0 saturated carbocycles. The molecule has 1 aromatic carbocycles. The minimum Gasteiger partial charge on any atom is -0.336 e. The largest absolute Gasteiger partial charge is 0.379 e. The van der Waals surface area contributed by atoms with E-state index in [1.165, 1.54) is 6.07 Å². The number of nitrogens with one attached hydrogen (secondary N) is 1. The van der Waals surface area contributed by atoms with Crippen LogP contribution in [0.3, 0.4) is 0 Å². The number of nitrogens with zero attached hydrogens (tertiary/aromatic N) is 1. The smallest absolute Gasteiger partial charge is 0.336 e. The van der Waals surface area contributed by atoms with E-state index in [1.54, 1.807) is 12.1 Å². The number of benzene rings is 1. The second-order valence-electron chi connectivity index (χ2n) is 2.74. The van der Waals surface area contributed by atoms with E-state index in [2.05, 4.69) is 9.97 Å². The van der Waals surface area contributed by atoms with E-state index in [4.69, 9.17) is 23.2 Å². The molecule has 0 radical (unpaired) electrons. The Hall–Kier alpha value is -0.870. The third-order valence-electron chi connectivity index (χ3n) is 1.71. The summed E-state index contributed by atoms with van der Waals surface area (Å²) in [6, 6.07) is 4.62. The normalized spacial score (nSPS) is 12.3. The van der Waals surface area contributed by atoms with Crippen molar-refractivity contribution in [1.29, 1.82) is 0 Å². The first kappa shape index (κ1) is 9.68. The molecule has 6 heteroatoms. The van der Waals surface area contributed by atoms with Crippen molar-refractivity contribution in [2.75, 3.05) is 0 Å². The fraction of sp³-hybridized carbons (Fsp3) is 0.125. The maximum absolute atomic E-state index is 12.6. The molecule has 0 spiro atoms. The van der Waals surface area contributed by atoms with E-state index >= 15 is 0 Å². The molecule has 0 aliphatic rings. The van der Waals surface area contributed by atoms with E-state index in [0.29, 0.717) is 16.1 Å². The molecule has 2 aromatic rings. The summed E-state index contributed by atoms with van der Waals surface area (Å²) in [6.07, 6.45) is 0. The molecular weight excluding hydrogens is 233 g/mol. The number of alkyl halides is 3. The summed E-state index contributed by atoms with van der Waals surface area (Å²) in [6.45, 7) is 0. The van der Waals surface area contributed by atoms with Crippen LogP contribution in [0.5, 0.6) is 0 Å². The van der Waals surface area contributed by atoms with Crippen molar-refractivity contribution < 1.29 is 8.78 Å². The number of aromatic nitrogens is 2. The third-order valence-corrected chi connectivity index (χ3v) is 2.13. The highest BCUT2D eigenvalue weighted by Crippen LogP contribution is 2.31. The highest BCUT2D eigenvalue weighted by atomic mass is 35.5. The van der Waals surface area contributed by atoms with Gasteiger partial charge in [-0.1, -0.05) is 11.6 Å². The molecule has 2 nitrogen and oxygen atoms in total. The lowest BCUT2D eigenvalue weighted by Crippen LogP contribution is -2.05. The van der Waals surface area contributed by atoms with Crippen molar-refractivity contribution in [1.82, 2.24) is 9.97 Å². The van der Waals surface area contributed by atoms with Gasteiger partial charge in [-0.3, -0.25) is 0 Å². The minimum absolute atomic E-state index is 0.407. The van der Waals surface area contributed by atoms with Gasteiger partial charge >= 0.3 is 5.38 Å². The number of hydrogen-bond acceptors (Lipinski definition) is 1. The van der Waals surface area contributed by atoms with Crippen LogP contribution in [0.1, 0.15) is 5.82 Å². The summed E-state index contributed by atoms with van der Waals surface area (Å²) in [7, 11) is 0. The second kappa shape index (κ2) is 3.07. The molecule has 0 amide bonds. The van der Waals surface area contributed by atoms with E-state index in [-0.39, 0.29) is 0 Å². The molecule has 1 heterocycles. The first-order valence-electron chi connectivity index (χ1n) is 3.69. The van der Waals surface area contributed by atoms with Gasteiger partial charge in [-0.15, -0.1) is 0 Å². The molecule has 74 valence electrons. The van der Waals surface area contributed by atoms with Crippen LogP contribution < -0.4 is 0 Å². The molecule has 14 heavy (non-hydrogen) atoms. The van der Waals surface area contributed by atoms with E-state index in [9.17, 15) is 8.78 Å². The lowest BCUT2D eigenvalue weighted by Gasteiger charge is -2.00. The lowest BCUT2D eigenvalue weighted by atomic mass is 10.3. The number of imidazole rings is 1. The maximum atomic E-state index is 12.6. The van der Waals surface area contributed by atoms with E-state index in [1.807, 2.05) is 0 Å². The van der Waals surface area contributed by atoms with Crippen LogP contribution in [0.25, 0.3) is 11.0 Å². The van der Waals surface area contributed by atoms with Gasteiger partial charge in [-0.25, -0.2) is 4.98 Å². The first-order valence-corrected chi connectivity index (χ1v) is 4.45.